The summed E-state index contributed by atoms with van der Waals surface area (Å²) in [4.78, 5) is 0.327. The van der Waals surface area contributed by atoms with E-state index in [4.69, 9.17) is 0 Å². The van der Waals surface area contributed by atoms with Gasteiger partial charge < -0.3 is 0 Å². The van der Waals surface area contributed by atoms with Crippen molar-refractivity contribution in [3.63, 3.8) is 0 Å². The van der Waals surface area contributed by atoms with Crippen LogP contribution < -0.4 is 0 Å². The highest BCUT2D eigenvalue weighted by Gasteiger charge is 2.31. The maximum atomic E-state index is 13.0. The van der Waals surface area contributed by atoms with Crippen molar-refractivity contribution in [2.75, 3.05) is 6.54 Å². The summed E-state index contributed by atoms with van der Waals surface area (Å²) in [5, 5.41) is 0. The smallest absolute Gasteiger partial charge is 0.263 e. The summed E-state index contributed by atoms with van der Waals surface area (Å²) in [7, 11) is -3.54. The van der Waals surface area contributed by atoms with Gasteiger partial charge in [0.2, 0.25) is 0 Å². The van der Waals surface area contributed by atoms with Crippen LogP contribution in [0.2, 0.25) is 0 Å². The molecule has 0 bridgehead atoms. The Morgan fingerprint density at radius 1 is 1.07 bits per heavy atom. The van der Waals surface area contributed by atoms with Crippen LogP contribution in [0.4, 0.5) is 0 Å². The minimum absolute atomic E-state index is 0.109. The van der Waals surface area contributed by atoms with Crippen molar-refractivity contribution in [3.05, 3.63) is 89.6 Å². The molecule has 148 valence electrons. The van der Waals surface area contributed by atoms with Gasteiger partial charge in [0.05, 0.1) is 4.90 Å². The Labute approximate surface area is 169 Å². The second-order valence-electron chi connectivity index (χ2n) is 8.57. The molecule has 0 N–H and O–H groups in total. The van der Waals surface area contributed by atoms with Crippen LogP contribution >= 0.6 is 0 Å². The zero-order valence-corrected chi connectivity index (χ0v) is 18.0. The van der Waals surface area contributed by atoms with E-state index in [0.29, 0.717) is 11.4 Å². The first-order chi connectivity index (χ1) is 13.1. The Kier molecular flexibility index (Phi) is 5.53. The molecular weight excluding hydrogens is 366 g/mol. The van der Waals surface area contributed by atoms with Crippen LogP contribution in [0.25, 0.3) is 0 Å². The van der Waals surface area contributed by atoms with Crippen molar-refractivity contribution in [3.8, 4) is 0 Å². The number of aryl methyl sites for hydroxylation is 1. The molecule has 1 heterocycles. The topological polar surface area (TPSA) is 37.4 Å². The van der Waals surface area contributed by atoms with Crippen LogP contribution in [0.15, 0.2) is 77.9 Å². The number of hydrogen-bond donors (Lipinski definition) is 0. The lowest BCUT2D eigenvalue weighted by atomic mass is 9.85. The fourth-order valence-corrected chi connectivity index (χ4v) is 4.87. The summed E-state index contributed by atoms with van der Waals surface area (Å²) in [5.74, 6) is 0.109. The van der Waals surface area contributed by atoms with Crippen LogP contribution in [-0.4, -0.2) is 19.3 Å². The van der Waals surface area contributed by atoms with Gasteiger partial charge in [0, 0.05) is 18.7 Å². The first-order valence-corrected chi connectivity index (χ1v) is 11.1. The van der Waals surface area contributed by atoms with Crippen LogP contribution in [0.5, 0.6) is 0 Å². The highest BCUT2D eigenvalue weighted by molar-refractivity contribution is 7.89. The highest BCUT2D eigenvalue weighted by atomic mass is 32.2. The van der Waals surface area contributed by atoms with E-state index in [9.17, 15) is 8.42 Å². The molecule has 0 saturated carbocycles. The van der Waals surface area contributed by atoms with E-state index in [0.717, 1.165) is 17.6 Å². The van der Waals surface area contributed by atoms with Gasteiger partial charge in [-0.05, 0) is 47.6 Å². The first-order valence-electron chi connectivity index (χ1n) is 9.63. The van der Waals surface area contributed by atoms with Gasteiger partial charge in [-0.25, -0.2) is 8.42 Å². The molecule has 1 aliphatic heterocycles. The zero-order valence-electron chi connectivity index (χ0n) is 17.1. The average molecular weight is 396 g/mol. The highest BCUT2D eigenvalue weighted by Crippen LogP contribution is 2.31. The summed E-state index contributed by atoms with van der Waals surface area (Å²) < 4.78 is 27.5. The predicted molar refractivity (Wildman–Crippen MR) is 116 cm³/mol. The first kappa shape index (κ1) is 20.4. The Bertz CT molecular complexity index is 978. The van der Waals surface area contributed by atoms with E-state index in [1.807, 2.05) is 19.1 Å². The van der Waals surface area contributed by atoms with E-state index in [1.54, 1.807) is 24.4 Å². The second kappa shape index (κ2) is 7.59. The van der Waals surface area contributed by atoms with E-state index in [2.05, 4.69) is 51.6 Å². The molecule has 3 nitrogen and oxygen atoms in total. The molecule has 0 aromatic heterocycles. The Morgan fingerprint density at radius 3 is 2.21 bits per heavy atom. The molecule has 0 radical (unpaired) electrons. The second-order valence-corrected chi connectivity index (χ2v) is 10.5. The van der Waals surface area contributed by atoms with E-state index >= 15 is 0 Å². The van der Waals surface area contributed by atoms with Crippen molar-refractivity contribution in [1.82, 2.24) is 4.31 Å². The Morgan fingerprint density at radius 2 is 1.68 bits per heavy atom. The normalized spacial score (nSPS) is 17.5. The summed E-state index contributed by atoms with van der Waals surface area (Å²) in [6, 6.07) is 15.6. The lowest BCUT2D eigenvalue weighted by Crippen LogP contribution is -2.27. The monoisotopic (exact) mass is 395 g/mol. The molecule has 0 amide bonds. The van der Waals surface area contributed by atoms with Crippen molar-refractivity contribution < 1.29 is 8.42 Å². The van der Waals surface area contributed by atoms with E-state index in [-0.39, 0.29) is 11.3 Å². The van der Waals surface area contributed by atoms with Gasteiger partial charge >= 0.3 is 0 Å². The molecule has 3 rings (SSSR count). The van der Waals surface area contributed by atoms with Crippen molar-refractivity contribution in [1.29, 1.82) is 0 Å². The van der Waals surface area contributed by atoms with Gasteiger partial charge in [-0.3, -0.25) is 4.31 Å². The molecule has 4 heteroatoms. The van der Waals surface area contributed by atoms with Crippen LogP contribution in [0, 0.1) is 12.8 Å². The fraction of sp³-hybridized carbons (Fsp3) is 0.333. The predicted octanol–water partition coefficient (Wildman–Crippen LogP) is 5.23. The summed E-state index contributed by atoms with van der Waals surface area (Å²) in [6.45, 7) is 12.9. The number of rotatable bonds is 5. The van der Waals surface area contributed by atoms with Crippen LogP contribution in [-0.2, 0) is 21.9 Å². The molecule has 0 saturated heterocycles. The van der Waals surface area contributed by atoms with Crippen molar-refractivity contribution in [2.45, 2.75) is 44.4 Å². The van der Waals surface area contributed by atoms with Gasteiger partial charge in [-0.2, -0.15) is 0 Å². The zero-order chi connectivity index (χ0) is 20.5. The molecule has 1 aliphatic rings. The van der Waals surface area contributed by atoms with Gasteiger partial charge in [0.15, 0.2) is 0 Å². The lowest BCUT2D eigenvalue weighted by Gasteiger charge is -2.21. The number of hydrogen-bond acceptors (Lipinski definition) is 2. The third kappa shape index (κ3) is 4.22. The standard InChI is InChI=1S/C24H29NO2S/c1-6-20-16-25(28(26,27)23-13-7-18(2)8-14-23)17-21(20)15-19-9-11-22(12-10-19)24(3,4)5/h6-14,16,21H,1,15,17H2,2-5H3. The number of nitrogens with zero attached hydrogens (tertiary/aromatic N) is 1. The maximum Gasteiger partial charge on any atom is 0.263 e. The summed E-state index contributed by atoms with van der Waals surface area (Å²) >= 11 is 0. The minimum atomic E-state index is -3.54. The van der Waals surface area contributed by atoms with Gasteiger partial charge in [-0.1, -0.05) is 75.4 Å². The van der Waals surface area contributed by atoms with Gasteiger partial charge in [-0.15, -0.1) is 0 Å². The van der Waals surface area contributed by atoms with Gasteiger partial charge in [0.25, 0.3) is 10.0 Å². The Balaban J connectivity index is 1.79. The largest absolute Gasteiger partial charge is 0.272 e. The molecular formula is C24H29NO2S. The molecule has 1 unspecified atom stereocenters. The van der Waals surface area contributed by atoms with Crippen LogP contribution in [0.1, 0.15) is 37.5 Å². The summed E-state index contributed by atoms with van der Waals surface area (Å²) in [5.41, 5.74) is 4.64. The average Bonchev–Trinajstić information content (AvgIpc) is 3.05. The third-order valence-electron chi connectivity index (χ3n) is 5.33. The molecule has 0 fully saturated rings. The quantitative estimate of drug-likeness (QED) is 0.695. The molecule has 0 aliphatic carbocycles. The number of sulfonamides is 1. The third-order valence-corrected chi connectivity index (χ3v) is 7.07. The molecule has 2 aromatic carbocycles. The van der Waals surface area contributed by atoms with Crippen molar-refractivity contribution in [2.24, 2.45) is 5.92 Å². The van der Waals surface area contributed by atoms with E-state index < -0.39 is 10.0 Å². The summed E-state index contributed by atoms with van der Waals surface area (Å²) in [6.07, 6.45) is 4.30. The van der Waals surface area contributed by atoms with E-state index in [1.165, 1.54) is 15.4 Å². The van der Waals surface area contributed by atoms with Crippen molar-refractivity contribution >= 4 is 10.0 Å². The molecule has 2 aromatic rings. The van der Waals surface area contributed by atoms with Gasteiger partial charge in [0.1, 0.15) is 0 Å². The fourth-order valence-electron chi connectivity index (χ4n) is 3.49. The Hall–Kier alpha value is -2.33. The molecule has 0 spiro atoms. The number of benzene rings is 2. The van der Waals surface area contributed by atoms with Crippen LogP contribution in [0.3, 0.4) is 0 Å². The molecule has 1 atom stereocenters. The lowest BCUT2D eigenvalue weighted by molar-refractivity contribution is 0.476. The molecule has 28 heavy (non-hydrogen) atoms. The maximum absolute atomic E-state index is 13.0. The SMILES string of the molecule is C=CC1=CN(S(=O)(=O)c2ccc(C)cc2)CC1Cc1ccc(C(C)(C)C)cc1. The number of allylic oxidation sites excluding steroid dienone is 1. The minimum Gasteiger partial charge on any atom is -0.272 e.